The van der Waals surface area contributed by atoms with Crippen LogP contribution in [-0.2, 0) is 6.42 Å². The molecule has 0 spiro atoms. The van der Waals surface area contributed by atoms with Crippen LogP contribution >= 0.6 is 11.8 Å². The van der Waals surface area contributed by atoms with Crippen LogP contribution in [0.15, 0.2) is 76.6 Å². The summed E-state index contributed by atoms with van der Waals surface area (Å²) in [6.45, 7) is 0. The highest BCUT2D eigenvalue weighted by Crippen LogP contribution is 2.32. The molecular weight excluding hydrogens is 359 g/mol. The van der Waals surface area contributed by atoms with Crippen molar-refractivity contribution in [1.29, 1.82) is 0 Å². The number of amides is 1. The molecule has 0 saturated carbocycles. The molecule has 3 aromatic carbocycles. The van der Waals surface area contributed by atoms with Crippen LogP contribution in [-0.4, -0.2) is 17.9 Å². The van der Waals surface area contributed by atoms with Crippen molar-refractivity contribution < 1.29 is 9.18 Å². The van der Waals surface area contributed by atoms with E-state index in [0.717, 1.165) is 27.4 Å². The summed E-state index contributed by atoms with van der Waals surface area (Å²) in [7, 11) is 0. The lowest BCUT2D eigenvalue weighted by Crippen LogP contribution is -2.12. The number of aliphatic imine (C=N–C) groups is 1. The van der Waals surface area contributed by atoms with E-state index in [9.17, 15) is 9.18 Å². The van der Waals surface area contributed by atoms with Gasteiger partial charge in [0.15, 0.2) is 0 Å². The normalized spacial score (nSPS) is 12.4. The predicted octanol–water partition coefficient (Wildman–Crippen LogP) is 5.48. The Labute approximate surface area is 161 Å². The van der Waals surface area contributed by atoms with E-state index in [-0.39, 0.29) is 11.7 Å². The third-order valence-corrected chi connectivity index (χ3v) is 5.28. The van der Waals surface area contributed by atoms with Crippen LogP contribution in [0.3, 0.4) is 0 Å². The number of anilines is 1. The molecule has 0 aliphatic carbocycles. The van der Waals surface area contributed by atoms with Gasteiger partial charge in [0.2, 0.25) is 0 Å². The van der Waals surface area contributed by atoms with Gasteiger partial charge in [-0.1, -0.05) is 30.3 Å². The van der Waals surface area contributed by atoms with Crippen LogP contribution in [0.2, 0.25) is 0 Å². The van der Waals surface area contributed by atoms with Gasteiger partial charge in [0.25, 0.3) is 5.91 Å². The first-order valence-electron chi connectivity index (χ1n) is 8.55. The third kappa shape index (κ3) is 3.64. The summed E-state index contributed by atoms with van der Waals surface area (Å²) in [5, 5.41) is 2.95. The maximum atomic E-state index is 13.1. The summed E-state index contributed by atoms with van der Waals surface area (Å²) in [4.78, 5) is 18.2. The molecule has 1 aliphatic heterocycles. The molecule has 0 fully saturated rings. The number of benzene rings is 3. The van der Waals surface area contributed by atoms with Crippen molar-refractivity contribution in [3.8, 4) is 0 Å². The van der Waals surface area contributed by atoms with Crippen LogP contribution < -0.4 is 5.32 Å². The first-order chi connectivity index (χ1) is 13.1. The topological polar surface area (TPSA) is 41.5 Å². The van der Waals surface area contributed by atoms with Crippen molar-refractivity contribution in [2.24, 2.45) is 4.99 Å². The smallest absolute Gasteiger partial charge is 0.256 e. The molecule has 0 aromatic heterocycles. The molecule has 27 heavy (non-hydrogen) atoms. The fourth-order valence-corrected chi connectivity index (χ4v) is 3.70. The molecule has 3 aromatic rings. The minimum atomic E-state index is -0.259. The molecule has 1 aliphatic rings. The lowest BCUT2D eigenvalue weighted by atomic mass is 10.0. The van der Waals surface area contributed by atoms with Gasteiger partial charge >= 0.3 is 0 Å². The zero-order chi connectivity index (χ0) is 18.8. The van der Waals surface area contributed by atoms with Crippen molar-refractivity contribution in [2.75, 3.05) is 11.6 Å². The highest BCUT2D eigenvalue weighted by Gasteiger charge is 2.17. The van der Waals surface area contributed by atoms with Crippen LogP contribution in [0.4, 0.5) is 15.8 Å². The van der Waals surface area contributed by atoms with Crippen molar-refractivity contribution in [3.63, 3.8) is 0 Å². The van der Waals surface area contributed by atoms with Crippen LogP contribution in [0, 0.1) is 5.82 Å². The first kappa shape index (κ1) is 17.5. The quantitative estimate of drug-likeness (QED) is 0.613. The zero-order valence-electron chi connectivity index (χ0n) is 14.7. The van der Waals surface area contributed by atoms with E-state index in [0.29, 0.717) is 17.7 Å². The molecule has 1 N–H and O–H groups in total. The van der Waals surface area contributed by atoms with Gasteiger partial charge in [-0.25, -0.2) is 4.39 Å². The monoisotopic (exact) mass is 376 g/mol. The molecule has 0 atom stereocenters. The molecule has 0 unspecified atom stereocenters. The van der Waals surface area contributed by atoms with Crippen LogP contribution in [0.1, 0.15) is 21.5 Å². The average Bonchev–Trinajstić information content (AvgIpc) is 3.11. The highest BCUT2D eigenvalue weighted by atomic mass is 32.2. The van der Waals surface area contributed by atoms with E-state index in [1.54, 1.807) is 23.9 Å². The van der Waals surface area contributed by atoms with Crippen LogP contribution in [0.5, 0.6) is 0 Å². The van der Waals surface area contributed by atoms with E-state index in [1.165, 1.54) is 12.1 Å². The van der Waals surface area contributed by atoms with E-state index in [4.69, 9.17) is 0 Å². The van der Waals surface area contributed by atoms with E-state index < -0.39 is 0 Å². The molecule has 1 amide bonds. The summed E-state index contributed by atoms with van der Waals surface area (Å²) in [5.41, 5.74) is 5.11. The second kappa shape index (κ2) is 7.37. The lowest BCUT2D eigenvalue weighted by Gasteiger charge is -2.09. The van der Waals surface area contributed by atoms with Gasteiger partial charge < -0.3 is 5.32 Å². The number of thioether (sulfide) groups is 1. The Morgan fingerprint density at radius 2 is 1.85 bits per heavy atom. The Hall–Kier alpha value is -2.92. The summed E-state index contributed by atoms with van der Waals surface area (Å²) in [5.74, 6) is -0.397. The van der Waals surface area contributed by atoms with Crippen molar-refractivity contribution >= 4 is 34.8 Å². The van der Waals surface area contributed by atoms with Gasteiger partial charge in [-0.3, -0.25) is 9.79 Å². The van der Waals surface area contributed by atoms with Gasteiger partial charge in [-0.05, 0) is 53.8 Å². The summed E-state index contributed by atoms with van der Waals surface area (Å²) in [6, 6.07) is 19.6. The summed E-state index contributed by atoms with van der Waals surface area (Å²) >= 11 is 1.54. The second-order valence-electron chi connectivity index (χ2n) is 6.24. The molecule has 0 bridgehead atoms. The van der Waals surface area contributed by atoms with Crippen molar-refractivity contribution in [1.82, 2.24) is 0 Å². The van der Waals surface area contributed by atoms with Crippen molar-refractivity contribution in [3.05, 3.63) is 89.2 Å². The average molecular weight is 376 g/mol. The van der Waals surface area contributed by atoms with Gasteiger partial charge in [0.05, 0.1) is 17.0 Å². The third-order valence-electron chi connectivity index (χ3n) is 4.49. The molecule has 4 rings (SSSR count). The highest BCUT2D eigenvalue weighted by molar-refractivity contribution is 7.98. The number of hydrogen-bond acceptors (Lipinski definition) is 3. The van der Waals surface area contributed by atoms with Crippen LogP contribution in [0.25, 0.3) is 0 Å². The van der Waals surface area contributed by atoms with Gasteiger partial charge in [-0.15, -0.1) is 11.8 Å². The number of carbonyl (C=O) groups excluding carboxylic acids is 1. The van der Waals surface area contributed by atoms with Gasteiger partial charge in [0.1, 0.15) is 5.82 Å². The molecule has 1 heterocycles. The lowest BCUT2D eigenvalue weighted by molar-refractivity contribution is 0.102. The minimum Gasteiger partial charge on any atom is -0.322 e. The fourth-order valence-electron chi connectivity index (χ4n) is 3.10. The molecule has 3 nitrogen and oxygen atoms in total. The number of nitrogens with zero attached hydrogens (tertiary/aromatic N) is 1. The molecule has 134 valence electrons. The SMILES string of the molecule is CSc1ccccc1C(=O)Nc1ccc2c(c1)N=C(c1ccc(F)cc1)C2. The Balaban J connectivity index is 1.56. The maximum Gasteiger partial charge on any atom is 0.256 e. The number of hydrogen-bond donors (Lipinski definition) is 1. The minimum absolute atomic E-state index is 0.138. The van der Waals surface area contributed by atoms with Gasteiger partial charge in [0, 0.05) is 17.0 Å². The Kier molecular flexibility index (Phi) is 4.77. The summed E-state index contributed by atoms with van der Waals surface area (Å²) in [6.07, 6.45) is 2.65. The largest absolute Gasteiger partial charge is 0.322 e. The molecule has 0 radical (unpaired) electrons. The maximum absolute atomic E-state index is 13.1. The Bertz CT molecular complexity index is 1040. The fraction of sp³-hybridized carbons (Fsp3) is 0.0909. The summed E-state index contributed by atoms with van der Waals surface area (Å²) < 4.78 is 13.1. The standard InChI is InChI=1S/C22H17FN2OS/c1-27-21-5-3-2-4-18(21)22(26)24-17-11-8-15-12-19(25-20(15)13-17)14-6-9-16(23)10-7-14/h2-11,13H,12H2,1H3,(H,24,26). The number of fused-ring (bicyclic) bond motifs is 1. The van der Waals surface area contributed by atoms with E-state index in [1.807, 2.05) is 48.7 Å². The predicted molar refractivity (Wildman–Crippen MR) is 109 cm³/mol. The Morgan fingerprint density at radius 1 is 1.07 bits per heavy atom. The molecule has 5 heteroatoms. The van der Waals surface area contributed by atoms with E-state index >= 15 is 0 Å². The van der Waals surface area contributed by atoms with Gasteiger partial charge in [-0.2, -0.15) is 0 Å². The van der Waals surface area contributed by atoms with Crippen molar-refractivity contribution in [2.45, 2.75) is 11.3 Å². The first-order valence-corrected chi connectivity index (χ1v) is 9.77. The number of nitrogens with one attached hydrogen (secondary N) is 1. The van der Waals surface area contributed by atoms with E-state index in [2.05, 4.69) is 10.3 Å². The number of rotatable bonds is 4. The molecule has 0 saturated heterocycles. The Morgan fingerprint density at radius 3 is 2.63 bits per heavy atom. The zero-order valence-corrected chi connectivity index (χ0v) is 15.5. The second-order valence-corrected chi connectivity index (χ2v) is 7.09. The number of carbonyl (C=O) groups is 1. The number of halogens is 1. The molecular formula is C22H17FN2OS.